The zero-order chi connectivity index (χ0) is 28.1. The van der Waals surface area contributed by atoms with Crippen LogP contribution in [0.25, 0.3) is 16.9 Å². The summed E-state index contributed by atoms with van der Waals surface area (Å²) in [5, 5.41) is 7.97. The van der Waals surface area contributed by atoms with Crippen molar-refractivity contribution in [2.24, 2.45) is 0 Å². The van der Waals surface area contributed by atoms with Crippen molar-refractivity contribution in [1.82, 2.24) is 34.5 Å². The van der Waals surface area contributed by atoms with Crippen LogP contribution in [0.15, 0.2) is 48.7 Å². The summed E-state index contributed by atoms with van der Waals surface area (Å²) in [6.45, 7) is 3.74. The molecule has 0 saturated carbocycles. The Morgan fingerprint density at radius 3 is 2.68 bits per heavy atom. The molecule has 4 aliphatic heterocycles. The third-order valence-corrected chi connectivity index (χ3v) is 8.24. The number of likely N-dealkylation sites (N-methyl/N-ethyl adjacent to an activating group) is 1. The highest BCUT2D eigenvalue weighted by Gasteiger charge is 2.35. The normalized spacial score (nSPS) is 16.2. The molecule has 1 amide bonds. The number of carbonyl (C=O) groups excluding carboxylic acids is 1. The molecule has 7 heterocycles. The predicted molar refractivity (Wildman–Crippen MR) is 158 cm³/mol. The largest absolute Gasteiger partial charge is 0.370 e. The Morgan fingerprint density at radius 2 is 1.90 bits per heavy atom. The molecular formula is C30H34N10O. The molecule has 0 radical (unpaired) electrons. The molecule has 11 nitrogen and oxygen atoms in total. The van der Waals surface area contributed by atoms with E-state index in [0.717, 1.165) is 66.1 Å². The summed E-state index contributed by atoms with van der Waals surface area (Å²) in [5.41, 5.74) is 13.8. The van der Waals surface area contributed by atoms with E-state index in [9.17, 15) is 4.79 Å². The van der Waals surface area contributed by atoms with Crippen molar-refractivity contribution in [2.75, 3.05) is 56.2 Å². The first-order valence-corrected chi connectivity index (χ1v) is 14.2. The lowest BCUT2D eigenvalue weighted by molar-refractivity contribution is -0.132. The van der Waals surface area contributed by atoms with Crippen LogP contribution in [-0.4, -0.2) is 80.7 Å². The van der Waals surface area contributed by atoms with Gasteiger partial charge in [0.05, 0.1) is 29.8 Å². The maximum absolute atomic E-state index is 12.6. The predicted octanol–water partition coefficient (Wildman–Crippen LogP) is 3.19. The number of nitrogens with two attached hydrogens (primary N) is 1. The van der Waals surface area contributed by atoms with Crippen molar-refractivity contribution >= 4 is 29.2 Å². The average Bonchev–Trinajstić information content (AvgIpc) is 3.36. The molecule has 1 fully saturated rings. The van der Waals surface area contributed by atoms with Crippen molar-refractivity contribution in [3.8, 4) is 16.9 Å². The van der Waals surface area contributed by atoms with Crippen LogP contribution in [-0.2, 0) is 17.8 Å². The maximum atomic E-state index is 12.6. The third kappa shape index (κ3) is 4.76. The van der Waals surface area contributed by atoms with Gasteiger partial charge in [-0.1, -0.05) is 30.3 Å². The minimum absolute atomic E-state index is 0.115. The lowest BCUT2D eigenvalue weighted by atomic mass is 9.84. The van der Waals surface area contributed by atoms with E-state index in [1.54, 1.807) is 10.9 Å². The van der Waals surface area contributed by atoms with Gasteiger partial charge in [-0.15, -0.1) is 5.10 Å². The van der Waals surface area contributed by atoms with Crippen LogP contribution in [0.5, 0.6) is 0 Å². The monoisotopic (exact) mass is 550 g/mol. The first kappa shape index (κ1) is 25.5. The topological polar surface area (TPSA) is 121 Å². The fourth-order valence-electron chi connectivity index (χ4n) is 6.24. The van der Waals surface area contributed by atoms with E-state index in [-0.39, 0.29) is 11.9 Å². The summed E-state index contributed by atoms with van der Waals surface area (Å²) in [7, 11) is 3.81. The van der Waals surface area contributed by atoms with Crippen molar-refractivity contribution < 1.29 is 4.79 Å². The van der Waals surface area contributed by atoms with Gasteiger partial charge in [-0.3, -0.25) is 9.78 Å². The van der Waals surface area contributed by atoms with Gasteiger partial charge in [0.25, 0.3) is 0 Å². The molecule has 2 bridgehead atoms. The second-order valence-corrected chi connectivity index (χ2v) is 11.4. The first-order chi connectivity index (χ1) is 19.9. The molecular weight excluding hydrogens is 516 g/mol. The number of hydrogen-bond acceptors (Lipinski definition) is 9. The fraction of sp³-hybridized carbons (Fsp3) is 0.367. The van der Waals surface area contributed by atoms with E-state index < -0.39 is 0 Å². The summed E-state index contributed by atoms with van der Waals surface area (Å²) in [4.78, 5) is 33.1. The number of nitrogens with zero attached hydrogens (tertiary/aromatic N) is 8. The Bertz CT molecular complexity index is 1610. The SMILES string of the molecule is CN(C)CC(=O)N1CCc2ncc(Nc3nc(N)n(-c4cc(-c5ccccc5)c5c(n4)C4CCN5CC4)n3)cc2C1. The summed E-state index contributed by atoms with van der Waals surface area (Å²) in [6, 6.07) is 14.5. The standard InChI is InChI=1S/C30H34N10O/c1-37(2)18-26(41)39-13-10-24-21(17-39)14-22(16-32-24)33-30-35-29(31)40(36-30)25-15-23(19-6-4-3-5-7-19)28-27(34-25)20-8-11-38(28)12-9-20/h3-7,14-16,20H,8-13,17-18H2,1-2H3,(H3,31,33,35,36). The third-order valence-electron chi connectivity index (χ3n) is 8.24. The molecule has 210 valence electrons. The van der Waals surface area contributed by atoms with Crippen LogP contribution >= 0.6 is 0 Å². The van der Waals surface area contributed by atoms with Crippen LogP contribution in [0.3, 0.4) is 0 Å². The van der Waals surface area contributed by atoms with Gasteiger partial charge in [0, 0.05) is 49.8 Å². The van der Waals surface area contributed by atoms with Crippen molar-refractivity contribution in [2.45, 2.75) is 31.7 Å². The molecule has 3 N–H and O–H groups in total. The number of nitrogens with one attached hydrogen (secondary N) is 1. The molecule has 4 aliphatic rings. The first-order valence-electron chi connectivity index (χ1n) is 14.2. The molecule has 3 aromatic heterocycles. The summed E-state index contributed by atoms with van der Waals surface area (Å²) in [5.74, 6) is 1.83. The molecule has 0 aliphatic carbocycles. The maximum Gasteiger partial charge on any atom is 0.248 e. The highest BCUT2D eigenvalue weighted by molar-refractivity contribution is 5.83. The van der Waals surface area contributed by atoms with E-state index in [1.807, 2.05) is 36.0 Å². The minimum atomic E-state index is 0.115. The van der Waals surface area contributed by atoms with Gasteiger partial charge < -0.3 is 25.8 Å². The van der Waals surface area contributed by atoms with E-state index in [4.69, 9.17) is 15.8 Å². The van der Waals surface area contributed by atoms with Gasteiger partial charge in [-0.2, -0.15) is 9.67 Å². The van der Waals surface area contributed by atoms with Gasteiger partial charge in [-0.05, 0) is 50.2 Å². The Morgan fingerprint density at radius 1 is 1.10 bits per heavy atom. The molecule has 1 aromatic carbocycles. The van der Waals surface area contributed by atoms with Crippen LogP contribution < -0.4 is 16.0 Å². The second-order valence-electron chi connectivity index (χ2n) is 11.4. The quantitative estimate of drug-likeness (QED) is 0.373. The molecule has 4 aromatic rings. The Kier molecular flexibility index (Phi) is 6.30. The Balaban J connectivity index is 1.19. The van der Waals surface area contributed by atoms with E-state index in [0.29, 0.717) is 37.3 Å². The zero-order valence-corrected chi connectivity index (χ0v) is 23.4. The summed E-state index contributed by atoms with van der Waals surface area (Å²) >= 11 is 0. The molecule has 1 saturated heterocycles. The average molecular weight is 551 g/mol. The number of benzene rings is 1. The second kappa shape index (κ2) is 10.2. The number of hydrogen-bond donors (Lipinski definition) is 2. The number of pyridine rings is 2. The van der Waals surface area contributed by atoms with Gasteiger partial charge in [0.15, 0.2) is 5.82 Å². The fourth-order valence-corrected chi connectivity index (χ4v) is 6.24. The van der Waals surface area contributed by atoms with Crippen LogP contribution in [0, 0.1) is 0 Å². The molecule has 0 atom stereocenters. The van der Waals surface area contributed by atoms with Crippen LogP contribution in [0.1, 0.15) is 35.7 Å². The highest BCUT2D eigenvalue weighted by Crippen LogP contribution is 2.46. The van der Waals surface area contributed by atoms with Gasteiger partial charge in [-0.25, -0.2) is 4.98 Å². The molecule has 11 heteroatoms. The smallest absolute Gasteiger partial charge is 0.248 e. The van der Waals surface area contributed by atoms with Gasteiger partial charge >= 0.3 is 0 Å². The number of anilines is 4. The highest BCUT2D eigenvalue weighted by atomic mass is 16.2. The van der Waals surface area contributed by atoms with Crippen LogP contribution in [0.2, 0.25) is 0 Å². The Hall–Kier alpha value is -4.51. The zero-order valence-electron chi connectivity index (χ0n) is 23.4. The molecule has 0 unspecified atom stereocenters. The number of nitrogen functional groups attached to an aromatic ring is 1. The van der Waals surface area contributed by atoms with Crippen molar-refractivity contribution in [1.29, 1.82) is 0 Å². The van der Waals surface area contributed by atoms with E-state index in [1.165, 1.54) is 5.69 Å². The summed E-state index contributed by atoms with van der Waals surface area (Å²) < 4.78 is 1.61. The molecule has 8 rings (SSSR count). The van der Waals surface area contributed by atoms with Gasteiger partial charge in [0.1, 0.15) is 0 Å². The van der Waals surface area contributed by atoms with Crippen molar-refractivity contribution in [3.63, 3.8) is 0 Å². The molecule has 41 heavy (non-hydrogen) atoms. The van der Waals surface area contributed by atoms with E-state index >= 15 is 0 Å². The number of aromatic nitrogens is 5. The van der Waals surface area contributed by atoms with Crippen molar-refractivity contribution in [3.05, 3.63) is 65.6 Å². The lowest BCUT2D eigenvalue weighted by Crippen LogP contribution is -2.41. The lowest BCUT2D eigenvalue weighted by Gasteiger charge is -2.42. The number of carbonyl (C=O) groups is 1. The van der Waals surface area contributed by atoms with E-state index in [2.05, 4.69) is 50.5 Å². The number of fused-ring (bicyclic) bond motifs is 3. The van der Waals surface area contributed by atoms with Crippen LogP contribution in [0.4, 0.5) is 23.3 Å². The number of rotatable bonds is 6. The number of piperidine rings is 1. The van der Waals surface area contributed by atoms with Gasteiger partial charge in [0.2, 0.25) is 17.8 Å². The number of amides is 1. The minimum Gasteiger partial charge on any atom is -0.370 e. The summed E-state index contributed by atoms with van der Waals surface area (Å²) in [6.07, 6.45) is 4.74. The molecule has 0 spiro atoms. The Labute approximate surface area is 239 Å².